The second-order valence-corrected chi connectivity index (χ2v) is 6.15. The van der Waals surface area contributed by atoms with Crippen LogP contribution in [0.4, 0.5) is 0 Å². The van der Waals surface area contributed by atoms with Crippen LogP contribution < -0.4 is 0 Å². The Bertz CT molecular complexity index is 540. The van der Waals surface area contributed by atoms with E-state index < -0.39 is 11.9 Å². The van der Waals surface area contributed by atoms with Crippen LogP contribution in [0, 0.1) is 0 Å². The molecule has 0 aliphatic heterocycles. The predicted octanol–water partition coefficient (Wildman–Crippen LogP) is 4.33. The van der Waals surface area contributed by atoms with E-state index in [1.54, 1.807) is 30.3 Å². The van der Waals surface area contributed by atoms with E-state index in [0.717, 1.165) is 51.4 Å². The molecule has 1 aromatic rings. The van der Waals surface area contributed by atoms with Gasteiger partial charge in [-0.2, -0.15) is 0 Å². The first-order chi connectivity index (χ1) is 12.6. The average molecular weight is 364 g/mol. The molecule has 1 aromatic carbocycles. The minimum atomic E-state index is -0.730. The number of aliphatic carboxylic acids is 1. The molecule has 0 aliphatic carbocycles. The zero-order valence-electron chi connectivity index (χ0n) is 15.2. The molecule has 144 valence electrons. The monoisotopic (exact) mass is 364 g/mol. The summed E-state index contributed by atoms with van der Waals surface area (Å²) in [5, 5.41) is 8.53. The van der Waals surface area contributed by atoms with Gasteiger partial charge in [0, 0.05) is 12.8 Å². The zero-order valence-corrected chi connectivity index (χ0v) is 15.2. The molecule has 0 aromatic heterocycles. The standard InChI is InChI=1S/C20H28O6/c21-18(22)14-10-5-3-1-2-4-6-11-15-19(23)25-16-26-20(24)17-12-8-7-9-13-17/h7-9,12-13H,1-6,10-11,14-16H2,(H,21,22). The van der Waals surface area contributed by atoms with Crippen LogP contribution in [0.25, 0.3) is 0 Å². The van der Waals surface area contributed by atoms with E-state index in [1.807, 2.05) is 0 Å². The van der Waals surface area contributed by atoms with Crippen molar-refractivity contribution in [2.75, 3.05) is 6.79 Å². The molecule has 0 fully saturated rings. The Morgan fingerprint density at radius 1 is 0.731 bits per heavy atom. The number of carbonyl (C=O) groups is 3. The van der Waals surface area contributed by atoms with Crippen molar-refractivity contribution in [3.63, 3.8) is 0 Å². The summed E-state index contributed by atoms with van der Waals surface area (Å²) in [7, 11) is 0. The summed E-state index contributed by atoms with van der Waals surface area (Å²) in [5.41, 5.74) is 0.423. The first kappa shape index (κ1) is 21.7. The molecule has 1 rings (SSSR count). The Morgan fingerprint density at radius 3 is 1.85 bits per heavy atom. The fraction of sp³-hybridized carbons (Fsp3) is 0.550. The van der Waals surface area contributed by atoms with Gasteiger partial charge in [-0.25, -0.2) is 4.79 Å². The van der Waals surface area contributed by atoms with Crippen molar-refractivity contribution in [1.29, 1.82) is 0 Å². The number of hydrogen-bond acceptors (Lipinski definition) is 5. The number of carboxylic acids is 1. The molecule has 0 aliphatic rings. The van der Waals surface area contributed by atoms with Gasteiger partial charge in [-0.15, -0.1) is 0 Å². The van der Waals surface area contributed by atoms with Crippen LogP contribution in [0.2, 0.25) is 0 Å². The molecule has 6 nitrogen and oxygen atoms in total. The molecule has 0 bridgehead atoms. The number of carbonyl (C=O) groups excluding carboxylic acids is 2. The Morgan fingerprint density at radius 2 is 1.27 bits per heavy atom. The Kier molecular flexibility index (Phi) is 11.6. The lowest BCUT2D eigenvalue weighted by Gasteiger charge is -2.06. The summed E-state index contributed by atoms with van der Waals surface area (Å²) >= 11 is 0. The molecule has 0 unspecified atom stereocenters. The number of hydrogen-bond donors (Lipinski definition) is 1. The van der Waals surface area contributed by atoms with Crippen LogP contribution in [0.15, 0.2) is 30.3 Å². The maximum Gasteiger partial charge on any atom is 0.340 e. The van der Waals surface area contributed by atoms with Gasteiger partial charge in [-0.3, -0.25) is 9.59 Å². The number of ether oxygens (including phenoxy) is 2. The number of carboxylic acid groups (broad SMARTS) is 1. The molecule has 1 N–H and O–H groups in total. The van der Waals surface area contributed by atoms with Gasteiger partial charge in [0.15, 0.2) is 0 Å². The van der Waals surface area contributed by atoms with Crippen molar-refractivity contribution < 1.29 is 29.0 Å². The van der Waals surface area contributed by atoms with E-state index in [1.165, 1.54) is 0 Å². The molecule has 0 amide bonds. The van der Waals surface area contributed by atoms with E-state index in [2.05, 4.69) is 0 Å². The van der Waals surface area contributed by atoms with Crippen molar-refractivity contribution in [3.05, 3.63) is 35.9 Å². The van der Waals surface area contributed by atoms with E-state index in [9.17, 15) is 14.4 Å². The Labute approximate surface area is 154 Å². The number of esters is 2. The summed E-state index contributed by atoms with van der Waals surface area (Å²) in [6.45, 7) is -0.358. The molecule has 0 heterocycles. The highest BCUT2D eigenvalue weighted by Crippen LogP contribution is 2.11. The molecule has 0 saturated heterocycles. The van der Waals surface area contributed by atoms with Crippen LogP contribution in [-0.2, 0) is 19.1 Å². The summed E-state index contributed by atoms with van der Waals surface area (Å²) in [6, 6.07) is 8.54. The van der Waals surface area contributed by atoms with E-state index in [4.69, 9.17) is 14.6 Å². The predicted molar refractivity (Wildman–Crippen MR) is 96.6 cm³/mol. The van der Waals surface area contributed by atoms with Gasteiger partial charge in [0.2, 0.25) is 6.79 Å². The van der Waals surface area contributed by atoms with E-state index in [0.29, 0.717) is 12.0 Å². The van der Waals surface area contributed by atoms with Crippen LogP contribution in [0.3, 0.4) is 0 Å². The van der Waals surface area contributed by atoms with Crippen LogP contribution >= 0.6 is 0 Å². The first-order valence-electron chi connectivity index (χ1n) is 9.19. The third-order valence-corrected chi connectivity index (χ3v) is 3.94. The topological polar surface area (TPSA) is 89.9 Å². The van der Waals surface area contributed by atoms with Gasteiger partial charge in [0.25, 0.3) is 0 Å². The first-order valence-corrected chi connectivity index (χ1v) is 9.19. The highest BCUT2D eigenvalue weighted by Gasteiger charge is 2.08. The molecule has 6 heteroatoms. The summed E-state index contributed by atoms with van der Waals surface area (Å²) in [4.78, 5) is 33.6. The third kappa shape index (κ3) is 11.2. The molecule has 0 spiro atoms. The smallest absolute Gasteiger partial charge is 0.340 e. The molecular weight excluding hydrogens is 336 g/mol. The highest BCUT2D eigenvalue weighted by molar-refractivity contribution is 5.89. The van der Waals surface area contributed by atoms with Gasteiger partial charge in [-0.05, 0) is 25.0 Å². The maximum absolute atomic E-state index is 11.6. The SMILES string of the molecule is O=C(O)CCCCCCCCCCC(=O)OCOC(=O)c1ccccc1. The van der Waals surface area contributed by atoms with Crippen LogP contribution in [0.5, 0.6) is 0 Å². The Hall–Kier alpha value is -2.37. The molecule has 26 heavy (non-hydrogen) atoms. The van der Waals surface area contributed by atoms with Gasteiger partial charge in [0.05, 0.1) is 5.56 Å². The minimum Gasteiger partial charge on any atom is -0.481 e. The molecule has 0 atom stereocenters. The zero-order chi connectivity index (χ0) is 19.0. The molecule has 0 saturated carbocycles. The van der Waals surface area contributed by atoms with Gasteiger partial charge >= 0.3 is 17.9 Å². The molecule has 0 radical (unpaired) electrons. The van der Waals surface area contributed by atoms with Crippen molar-refractivity contribution in [3.8, 4) is 0 Å². The van der Waals surface area contributed by atoms with Crippen LogP contribution in [0.1, 0.15) is 74.6 Å². The second-order valence-electron chi connectivity index (χ2n) is 6.15. The Balaban J connectivity index is 1.91. The normalized spacial score (nSPS) is 10.3. The lowest BCUT2D eigenvalue weighted by atomic mass is 10.1. The summed E-state index contributed by atoms with van der Waals surface area (Å²) < 4.78 is 9.78. The summed E-state index contributed by atoms with van der Waals surface area (Å²) in [5.74, 6) is -1.60. The minimum absolute atomic E-state index is 0.253. The fourth-order valence-corrected chi connectivity index (χ4v) is 2.48. The van der Waals surface area contributed by atoms with Gasteiger partial charge in [-0.1, -0.05) is 56.7 Å². The van der Waals surface area contributed by atoms with Crippen molar-refractivity contribution in [2.45, 2.75) is 64.2 Å². The van der Waals surface area contributed by atoms with Gasteiger partial charge < -0.3 is 14.6 Å². The average Bonchev–Trinajstić information content (AvgIpc) is 2.63. The quantitative estimate of drug-likeness (QED) is 0.300. The number of unbranched alkanes of at least 4 members (excludes halogenated alkanes) is 7. The van der Waals surface area contributed by atoms with Crippen molar-refractivity contribution >= 4 is 17.9 Å². The summed E-state index contributed by atoms with van der Waals surface area (Å²) in [6.07, 6.45) is 8.28. The van der Waals surface area contributed by atoms with Crippen molar-refractivity contribution in [1.82, 2.24) is 0 Å². The van der Waals surface area contributed by atoms with E-state index in [-0.39, 0.29) is 19.2 Å². The van der Waals surface area contributed by atoms with Crippen molar-refractivity contribution in [2.24, 2.45) is 0 Å². The number of benzene rings is 1. The fourth-order valence-electron chi connectivity index (χ4n) is 2.48. The largest absolute Gasteiger partial charge is 0.481 e. The second kappa shape index (κ2) is 13.9. The maximum atomic E-state index is 11.6. The van der Waals surface area contributed by atoms with Crippen LogP contribution in [-0.4, -0.2) is 29.8 Å². The highest BCUT2D eigenvalue weighted by atomic mass is 16.7. The third-order valence-electron chi connectivity index (χ3n) is 3.94. The molecular formula is C20H28O6. The lowest BCUT2D eigenvalue weighted by Crippen LogP contribution is -2.12. The van der Waals surface area contributed by atoms with Gasteiger partial charge in [0.1, 0.15) is 0 Å². The number of rotatable bonds is 14. The van der Waals surface area contributed by atoms with E-state index >= 15 is 0 Å². The lowest BCUT2D eigenvalue weighted by molar-refractivity contribution is -0.152.